The first-order chi connectivity index (χ1) is 12.7. The standard InChI is InChI=1S/C20H22N4O2/c1-14-21-17-8-7-15(13-18(17)22-14)23-9-11-24(12-10-23)20(25)16-5-3-4-6-19(16)26-2/h3-8,13H,9-12H2,1-2H3,(H,21,22). The molecule has 3 aromatic rings. The van der Waals surface area contributed by atoms with Crippen LogP contribution in [0.3, 0.4) is 0 Å². The van der Waals surface area contributed by atoms with E-state index in [9.17, 15) is 4.79 Å². The maximum atomic E-state index is 12.8. The molecule has 2 heterocycles. The molecule has 1 amide bonds. The van der Waals surface area contributed by atoms with Gasteiger partial charge in [-0.05, 0) is 37.3 Å². The maximum absolute atomic E-state index is 12.8. The summed E-state index contributed by atoms with van der Waals surface area (Å²) in [4.78, 5) is 24.7. The molecule has 0 radical (unpaired) electrons. The van der Waals surface area contributed by atoms with Crippen molar-refractivity contribution in [2.24, 2.45) is 0 Å². The van der Waals surface area contributed by atoms with E-state index in [4.69, 9.17) is 4.74 Å². The van der Waals surface area contributed by atoms with Crippen LogP contribution in [-0.4, -0.2) is 54.1 Å². The number of carbonyl (C=O) groups excluding carboxylic acids is 1. The number of ether oxygens (including phenoxy) is 1. The van der Waals surface area contributed by atoms with Gasteiger partial charge in [-0.1, -0.05) is 12.1 Å². The number of nitrogens with one attached hydrogen (secondary N) is 1. The second kappa shape index (κ2) is 6.71. The third-order valence-electron chi connectivity index (χ3n) is 4.85. The van der Waals surface area contributed by atoms with E-state index < -0.39 is 0 Å². The Bertz CT molecular complexity index is 942. The van der Waals surface area contributed by atoms with Gasteiger partial charge in [-0.3, -0.25) is 4.79 Å². The fourth-order valence-corrected chi connectivity index (χ4v) is 3.48. The minimum absolute atomic E-state index is 0.0294. The SMILES string of the molecule is COc1ccccc1C(=O)N1CCN(c2ccc3nc(C)[nH]c3c2)CC1. The van der Waals surface area contributed by atoms with E-state index in [-0.39, 0.29) is 5.91 Å². The molecule has 0 unspecified atom stereocenters. The molecule has 1 aromatic heterocycles. The van der Waals surface area contributed by atoms with Gasteiger partial charge in [0.15, 0.2) is 0 Å². The summed E-state index contributed by atoms with van der Waals surface area (Å²) >= 11 is 0. The predicted octanol–water partition coefficient (Wildman–Crippen LogP) is 2.84. The van der Waals surface area contributed by atoms with Crippen LogP contribution in [0.25, 0.3) is 11.0 Å². The van der Waals surface area contributed by atoms with Crippen LogP contribution in [0.5, 0.6) is 5.75 Å². The highest BCUT2D eigenvalue weighted by atomic mass is 16.5. The average Bonchev–Trinajstić information content (AvgIpc) is 3.06. The van der Waals surface area contributed by atoms with Crippen LogP contribution in [0.1, 0.15) is 16.2 Å². The molecule has 0 spiro atoms. The summed E-state index contributed by atoms with van der Waals surface area (Å²) in [6.45, 7) is 4.95. The summed E-state index contributed by atoms with van der Waals surface area (Å²) in [7, 11) is 1.59. The Labute approximate surface area is 152 Å². The van der Waals surface area contributed by atoms with Crippen LogP contribution in [0.4, 0.5) is 5.69 Å². The van der Waals surface area contributed by atoms with Gasteiger partial charge in [-0.25, -0.2) is 4.98 Å². The number of benzene rings is 2. The number of aryl methyl sites for hydroxylation is 1. The number of carbonyl (C=O) groups is 1. The number of imidazole rings is 1. The topological polar surface area (TPSA) is 61.5 Å². The summed E-state index contributed by atoms with van der Waals surface area (Å²) in [5, 5.41) is 0. The third kappa shape index (κ3) is 2.98. The zero-order valence-corrected chi connectivity index (χ0v) is 15.0. The summed E-state index contributed by atoms with van der Waals surface area (Å²) in [6, 6.07) is 13.7. The number of piperazine rings is 1. The number of nitrogens with zero attached hydrogens (tertiary/aromatic N) is 3. The molecule has 0 bridgehead atoms. The minimum Gasteiger partial charge on any atom is -0.496 e. The van der Waals surface area contributed by atoms with Crippen molar-refractivity contribution in [3.8, 4) is 5.75 Å². The number of hydrogen-bond donors (Lipinski definition) is 1. The van der Waals surface area contributed by atoms with Crippen LogP contribution < -0.4 is 9.64 Å². The van der Waals surface area contributed by atoms with Crippen molar-refractivity contribution >= 4 is 22.6 Å². The largest absolute Gasteiger partial charge is 0.496 e. The van der Waals surface area contributed by atoms with Crippen molar-refractivity contribution in [3.05, 3.63) is 53.9 Å². The number of aromatic nitrogens is 2. The number of aromatic amines is 1. The van der Waals surface area contributed by atoms with Crippen molar-refractivity contribution in [2.45, 2.75) is 6.92 Å². The molecule has 1 aliphatic heterocycles. The monoisotopic (exact) mass is 350 g/mol. The Kier molecular flexibility index (Phi) is 4.24. The van der Waals surface area contributed by atoms with Gasteiger partial charge in [0.25, 0.3) is 5.91 Å². The van der Waals surface area contributed by atoms with Gasteiger partial charge in [0.1, 0.15) is 11.6 Å². The zero-order chi connectivity index (χ0) is 18.1. The Morgan fingerprint density at radius 1 is 1.12 bits per heavy atom. The molecule has 6 heteroatoms. The summed E-state index contributed by atoms with van der Waals surface area (Å²) in [5.74, 6) is 1.58. The summed E-state index contributed by atoms with van der Waals surface area (Å²) in [5.41, 5.74) is 3.81. The van der Waals surface area contributed by atoms with Gasteiger partial charge in [-0.15, -0.1) is 0 Å². The van der Waals surface area contributed by atoms with E-state index in [1.54, 1.807) is 7.11 Å². The molecular weight excluding hydrogens is 328 g/mol. The molecule has 1 saturated heterocycles. The highest BCUT2D eigenvalue weighted by molar-refractivity contribution is 5.97. The van der Waals surface area contributed by atoms with E-state index in [0.29, 0.717) is 24.4 Å². The number of H-pyrrole nitrogens is 1. The number of para-hydroxylation sites is 1. The first-order valence-corrected chi connectivity index (χ1v) is 8.79. The van der Waals surface area contributed by atoms with Crippen LogP contribution in [0, 0.1) is 6.92 Å². The van der Waals surface area contributed by atoms with Gasteiger partial charge < -0.3 is 19.5 Å². The first-order valence-electron chi connectivity index (χ1n) is 8.79. The van der Waals surface area contributed by atoms with Gasteiger partial charge in [0, 0.05) is 31.9 Å². The van der Waals surface area contributed by atoms with Crippen molar-refractivity contribution in [1.29, 1.82) is 0 Å². The van der Waals surface area contributed by atoms with Crippen molar-refractivity contribution in [3.63, 3.8) is 0 Å². The number of amides is 1. The van der Waals surface area contributed by atoms with Gasteiger partial charge in [0.2, 0.25) is 0 Å². The fraction of sp³-hybridized carbons (Fsp3) is 0.300. The fourth-order valence-electron chi connectivity index (χ4n) is 3.48. The van der Waals surface area contributed by atoms with E-state index in [1.165, 1.54) is 0 Å². The lowest BCUT2D eigenvalue weighted by Gasteiger charge is -2.36. The lowest BCUT2D eigenvalue weighted by Crippen LogP contribution is -2.48. The molecule has 134 valence electrons. The third-order valence-corrected chi connectivity index (χ3v) is 4.85. The zero-order valence-electron chi connectivity index (χ0n) is 15.0. The number of methoxy groups -OCH3 is 1. The highest BCUT2D eigenvalue weighted by Gasteiger charge is 2.24. The average molecular weight is 350 g/mol. The smallest absolute Gasteiger partial charge is 0.257 e. The maximum Gasteiger partial charge on any atom is 0.257 e. The number of anilines is 1. The van der Waals surface area contributed by atoms with Crippen LogP contribution in [0.2, 0.25) is 0 Å². The highest BCUT2D eigenvalue weighted by Crippen LogP contribution is 2.24. The van der Waals surface area contributed by atoms with Gasteiger partial charge in [-0.2, -0.15) is 0 Å². The van der Waals surface area contributed by atoms with E-state index >= 15 is 0 Å². The summed E-state index contributed by atoms with van der Waals surface area (Å²) < 4.78 is 5.32. The number of fused-ring (bicyclic) bond motifs is 1. The molecule has 26 heavy (non-hydrogen) atoms. The quantitative estimate of drug-likeness (QED) is 0.789. The number of hydrogen-bond acceptors (Lipinski definition) is 4. The number of rotatable bonds is 3. The molecule has 1 N–H and O–H groups in total. The molecule has 6 nitrogen and oxygen atoms in total. The molecule has 4 rings (SSSR count). The van der Waals surface area contributed by atoms with E-state index in [2.05, 4.69) is 27.0 Å². The Morgan fingerprint density at radius 3 is 2.65 bits per heavy atom. The second-order valence-corrected chi connectivity index (χ2v) is 6.50. The van der Waals surface area contributed by atoms with Crippen LogP contribution >= 0.6 is 0 Å². The van der Waals surface area contributed by atoms with Crippen molar-refractivity contribution in [1.82, 2.24) is 14.9 Å². The molecule has 1 aliphatic rings. The molecule has 0 saturated carbocycles. The Morgan fingerprint density at radius 2 is 1.88 bits per heavy atom. The van der Waals surface area contributed by atoms with Crippen LogP contribution in [0.15, 0.2) is 42.5 Å². The summed E-state index contributed by atoms with van der Waals surface area (Å²) in [6.07, 6.45) is 0. The van der Waals surface area contributed by atoms with Crippen LogP contribution in [-0.2, 0) is 0 Å². The molecule has 1 fully saturated rings. The Balaban J connectivity index is 1.47. The lowest BCUT2D eigenvalue weighted by molar-refractivity contribution is 0.0743. The molecular formula is C20H22N4O2. The van der Waals surface area contributed by atoms with E-state index in [0.717, 1.165) is 35.6 Å². The normalized spacial score (nSPS) is 14.7. The Hall–Kier alpha value is -3.02. The molecule has 2 aromatic carbocycles. The first kappa shape index (κ1) is 16.4. The molecule has 0 atom stereocenters. The lowest BCUT2D eigenvalue weighted by atomic mass is 10.1. The van der Waals surface area contributed by atoms with Crippen molar-refractivity contribution in [2.75, 3.05) is 38.2 Å². The molecule has 0 aliphatic carbocycles. The second-order valence-electron chi connectivity index (χ2n) is 6.50. The van der Waals surface area contributed by atoms with Gasteiger partial charge in [0.05, 0.1) is 23.7 Å². The van der Waals surface area contributed by atoms with Gasteiger partial charge >= 0.3 is 0 Å². The van der Waals surface area contributed by atoms with E-state index in [1.807, 2.05) is 42.2 Å². The predicted molar refractivity (Wildman–Crippen MR) is 102 cm³/mol. The van der Waals surface area contributed by atoms with Crippen molar-refractivity contribution < 1.29 is 9.53 Å². The minimum atomic E-state index is 0.0294.